The van der Waals surface area contributed by atoms with E-state index in [4.69, 9.17) is 0 Å². The number of H-pyrrole nitrogens is 1. The van der Waals surface area contributed by atoms with Gasteiger partial charge in [-0.15, -0.1) is 0 Å². The van der Waals surface area contributed by atoms with Gasteiger partial charge >= 0.3 is 6.18 Å². The molecule has 1 aromatic carbocycles. The highest BCUT2D eigenvalue weighted by molar-refractivity contribution is 6.12. The van der Waals surface area contributed by atoms with Crippen LogP contribution in [0.3, 0.4) is 0 Å². The Morgan fingerprint density at radius 3 is 2.32 bits per heavy atom. The molecule has 6 nitrogen and oxygen atoms in total. The first-order valence-corrected chi connectivity index (χ1v) is 9.20. The van der Waals surface area contributed by atoms with Gasteiger partial charge in [-0.2, -0.15) is 13.2 Å². The van der Waals surface area contributed by atoms with Crippen LogP contribution in [0.4, 0.5) is 34.8 Å². The number of nitrogens with zero attached hydrogens (tertiary/aromatic N) is 3. The number of rotatable bonds is 2. The van der Waals surface area contributed by atoms with Crippen molar-refractivity contribution in [3.63, 3.8) is 0 Å². The number of carbonyl (C=O) groups excluding carboxylic acids is 1. The lowest BCUT2D eigenvalue weighted by Gasteiger charge is -2.38. The standard InChI is InChI=1S/C21H16F4N4O2/c1-11-9-13(22)3-5-15(11)28-10-29(16-6-8-18(30)26-12(16)2)20(31)14-4-7-17(21(23,24)25)27-19(14)28/h3-9H,10H2,1-2H3,(H,26,30). The first kappa shape index (κ1) is 20.6. The summed E-state index contributed by atoms with van der Waals surface area (Å²) in [5.41, 5.74) is 0.117. The summed E-state index contributed by atoms with van der Waals surface area (Å²) in [4.78, 5) is 33.8. The smallest absolute Gasteiger partial charge is 0.324 e. The fourth-order valence-electron chi connectivity index (χ4n) is 3.56. The summed E-state index contributed by atoms with van der Waals surface area (Å²) in [6.07, 6.45) is -4.70. The molecule has 3 heterocycles. The van der Waals surface area contributed by atoms with Gasteiger partial charge in [-0.3, -0.25) is 14.5 Å². The average molecular weight is 432 g/mol. The van der Waals surface area contributed by atoms with Crippen LogP contribution in [0.25, 0.3) is 0 Å². The predicted octanol–water partition coefficient (Wildman–Crippen LogP) is 4.30. The lowest BCUT2D eigenvalue weighted by atomic mass is 10.1. The summed E-state index contributed by atoms with van der Waals surface area (Å²) in [6.45, 7) is 3.04. The van der Waals surface area contributed by atoms with Crippen molar-refractivity contribution >= 4 is 23.1 Å². The minimum Gasteiger partial charge on any atom is -0.324 e. The molecule has 0 spiro atoms. The highest BCUT2D eigenvalue weighted by Gasteiger charge is 2.38. The lowest BCUT2D eigenvalue weighted by Crippen LogP contribution is -2.46. The van der Waals surface area contributed by atoms with Gasteiger partial charge in [-0.1, -0.05) is 0 Å². The summed E-state index contributed by atoms with van der Waals surface area (Å²) in [7, 11) is 0. The van der Waals surface area contributed by atoms with E-state index >= 15 is 0 Å². The van der Waals surface area contributed by atoms with Gasteiger partial charge in [0.25, 0.3) is 5.91 Å². The number of anilines is 3. The number of fused-ring (bicyclic) bond motifs is 1. The molecule has 0 fully saturated rings. The SMILES string of the molecule is Cc1cc(F)ccc1N1CN(c2ccc(=O)[nH]c2C)C(=O)c2ccc(C(F)(F)F)nc21. The van der Waals surface area contributed by atoms with Crippen molar-refractivity contribution in [2.24, 2.45) is 0 Å². The van der Waals surface area contributed by atoms with Gasteiger partial charge in [0.05, 0.1) is 11.3 Å². The second-order valence-electron chi connectivity index (χ2n) is 7.13. The maximum Gasteiger partial charge on any atom is 0.433 e. The fraction of sp³-hybridized carbons (Fsp3) is 0.190. The summed E-state index contributed by atoms with van der Waals surface area (Å²) < 4.78 is 53.5. The minimum absolute atomic E-state index is 0.0476. The van der Waals surface area contributed by atoms with E-state index in [0.29, 0.717) is 22.6 Å². The van der Waals surface area contributed by atoms with Crippen LogP contribution < -0.4 is 15.4 Å². The summed E-state index contributed by atoms with van der Waals surface area (Å²) in [5, 5.41) is 0. The second-order valence-corrected chi connectivity index (χ2v) is 7.13. The number of hydrogen-bond acceptors (Lipinski definition) is 4. The van der Waals surface area contributed by atoms with E-state index in [1.807, 2.05) is 0 Å². The molecule has 1 N–H and O–H groups in total. The van der Waals surface area contributed by atoms with E-state index in [2.05, 4.69) is 9.97 Å². The molecule has 0 radical (unpaired) electrons. The third-order valence-corrected chi connectivity index (χ3v) is 5.01. The van der Waals surface area contributed by atoms with Gasteiger partial charge in [0.1, 0.15) is 24.0 Å². The number of nitrogens with one attached hydrogen (secondary N) is 1. The van der Waals surface area contributed by atoms with Crippen LogP contribution in [0.2, 0.25) is 0 Å². The highest BCUT2D eigenvalue weighted by atomic mass is 19.4. The van der Waals surface area contributed by atoms with Crippen molar-refractivity contribution in [2.45, 2.75) is 20.0 Å². The quantitative estimate of drug-likeness (QED) is 0.613. The van der Waals surface area contributed by atoms with Crippen LogP contribution >= 0.6 is 0 Å². The number of aryl methyl sites for hydroxylation is 2. The largest absolute Gasteiger partial charge is 0.433 e. The van der Waals surface area contributed by atoms with Gasteiger partial charge in [0, 0.05) is 17.4 Å². The zero-order valence-electron chi connectivity index (χ0n) is 16.4. The Kier molecular flexibility index (Phi) is 4.79. The maximum atomic E-state index is 13.6. The molecule has 0 bridgehead atoms. The van der Waals surface area contributed by atoms with E-state index in [1.54, 1.807) is 13.8 Å². The van der Waals surface area contributed by atoms with Gasteiger partial charge < -0.3 is 9.88 Å². The molecule has 0 saturated heterocycles. The Bertz CT molecular complexity index is 1250. The molecule has 0 aliphatic carbocycles. The third kappa shape index (κ3) is 3.65. The number of aromatic amines is 1. The average Bonchev–Trinajstić information content (AvgIpc) is 2.68. The molecular weight excluding hydrogens is 416 g/mol. The molecule has 0 atom stereocenters. The van der Waals surface area contributed by atoms with Gasteiger partial charge in [0.15, 0.2) is 0 Å². The molecule has 160 valence electrons. The van der Waals surface area contributed by atoms with Crippen LogP contribution in [0.15, 0.2) is 47.3 Å². The Labute approximate surface area is 173 Å². The topological polar surface area (TPSA) is 69.3 Å². The Morgan fingerprint density at radius 2 is 1.68 bits per heavy atom. The van der Waals surface area contributed by atoms with Crippen molar-refractivity contribution in [2.75, 3.05) is 16.5 Å². The van der Waals surface area contributed by atoms with Crippen LogP contribution in [0, 0.1) is 19.7 Å². The monoisotopic (exact) mass is 432 g/mol. The van der Waals surface area contributed by atoms with Crippen LogP contribution in [-0.4, -0.2) is 22.5 Å². The number of hydrogen-bond donors (Lipinski definition) is 1. The molecule has 1 aliphatic rings. The van der Waals surface area contributed by atoms with E-state index in [-0.39, 0.29) is 23.6 Å². The number of carbonyl (C=O) groups is 1. The normalized spacial score (nSPS) is 14.1. The first-order chi connectivity index (χ1) is 14.6. The van der Waals surface area contributed by atoms with Gasteiger partial charge in [-0.25, -0.2) is 9.37 Å². The molecule has 2 aromatic heterocycles. The van der Waals surface area contributed by atoms with Gasteiger partial charge in [0.2, 0.25) is 5.56 Å². The van der Waals surface area contributed by atoms with Crippen molar-refractivity contribution in [3.8, 4) is 0 Å². The molecule has 3 aromatic rings. The van der Waals surface area contributed by atoms with Crippen molar-refractivity contribution in [1.29, 1.82) is 0 Å². The number of aromatic nitrogens is 2. The third-order valence-electron chi connectivity index (χ3n) is 5.01. The number of benzene rings is 1. The Balaban J connectivity index is 1.93. The first-order valence-electron chi connectivity index (χ1n) is 9.20. The number of alkyl halides is 3. The van der Waals surface area contributed by atoms with E-state index in [9.17, 15) is 27.2 Å². The molecule has 1 amide bonds. The number of amides is 1. The second kappa shape index (κ2) is 7.22. The Morgan fingerprint density at radius 1 is 0.968 bits per heavy atom. The lowest BCUT2D eigenvalue weighted by molar-refractivity contribution is -0.141. The molecule has 1 aliphatic heterocycles. The molecule has 0 saturated carbocycles. The minimum atomic E-state index is -4.70. The molecule has 0 unspecified atom stereocenters. The Hall–Kier alpha value is -3.69. The van der Waals surface area contributed by atoms with Crippen molar-refractivity contribution in [3.05, 3.63) is 81.2 Å². The summed E-state index contributed by atoms with van der Waals surface area (Å²) >= 11 is 0. The van der Waals surface area contributed by atoms with E-state index in [0.717, 1.165) is 12.1 Å². The molecule has 10 heteroatoms. The zero-order chi connectivity index (χ0) is 22.5. The van der Waals surface area contributed by atoms with E-state index < -0.39 is 23.6 Å². The van der Waals surface area contributed by atoms with E-state index in [1.165, 1.54) is 40.1 Å². The fourth-order valence-corrected chi connectivity index (χ4v) is 3.56. The highest BCUT2D eigenvalue weighted by Crippen LogP contribution is 2.38. The molecular formula is C21H16F4N4O2. The summed E-state index contributed by atoms with van der Waals surface area (Å²) in [5.74, 6) is -1.24. The number of halogens is 4. The van der Waals surface area contributed by atoms with Crippen molar-refractivity contribution < 1.29 is 22.4 Å². The predicted molar refractivity (Wildman–Crippen MR) is 106 cm³/mol. The number of pyridine rings is 2. The maximum absolute atomic E-state index is 13.6. The zero-order valence-corrected chi connectivity index (χ0v) is 16.4. The summed E-state index contributed by atoms with van der Waals surface area (Å²) in [6, 6.07) is 8.39. The van der Waals surface area contributed by atoms with Crippen LogP contribution in [0.1, 0.15) is 27.3 Å². The van der Waals surface area contributed by atoms with Crippen LogP contribution in [0.5, 0.6) is 0 Å². The van der Waals surface area contributed by atoms with Gasteiger partial charge in [-0.05, 0) is 55.8 Å². The molecule has 31 heavy (non-hydrogen) atoms. The molecule has 4 rings (SSSR count). The van der Waals surface area contributed by atoms with Crippen LogP contribution in [-0.2, 0) is 6.18 Å². The van der Waals surface area contributed by atoms with Crippen molar-refractivity contribution in [1.82, 2.24) is 9.97 Å².